The summed E-state index contributed by atoms with van der Waals surface area (Å²) in [5, 5.41) is 2.50. The Morgan fingerprint density at radius 1 is 1.00 bits per heavy atom. The first-order valence-electron chi connectivity index (χ1n) is 7.14. The van der Waals surface area contributed by atoms with Gasteiger partial charge in [-0.15, -0.1) is 0 Å². The van der Waals surface area contributed by atoms with E-state index in [2.05, 4.69) is 10.0 Å². The van der Waals surface area contributed by atoms with E-state index in [4.69, 9.17) is 0 Å². The lowest BCUT2D eigenvalue weighted by atomic mass is 10.1. The number of sulfonamides is 1. The van der Waals surface area contributed by atoms with Crippen LogP contribution in [-0.4, -0.2) is 27.4 Å². The van der Waals surface area contributed by atoms with Gasteiger partial charge in [0.25, 0.3) is 0 Å². The Hall–Kier alpha value is -2.32. The third kappa shape index (κ3) is 5.10. The molecule has 0 saturated heterocycles. The highest BCUT2D eigenvalue weighted by atomic mass is 32.2. The van der Waals surface area contributed by atoms with Crippen molar-refractivity contribution in [1.82, 2.24) is 10.0 Å². The van der Waals surface area contributed by atoms with Crippen LogP contribution in [0, 0.1) is 11.6 Å². The van der Waals surface area contributed by atoms with Crippen LogP contribution in [0.3, 0.4) is 0 Å². The van der Waals surface area contributed by atoms with Gasteiger partial charge in [-0.2, -0.15) is 0 Å². The largest absolute Gasteiger partial charge is 0.355 e. The summed E-state index contributed by atoms with van der Waals surface area (Å²) in [4.78, 5) is 11.5. The molecule has 2 aromatic rings. The van der Waals surface area contributed by atoms with Crippen molar-refractivity contribution in [3.63, 3.8) is 0 Å². The number of rotatable bonds is 7. The van der Waals surface area contributed by atoms with E-state index in [1.54, 1.807) is 18.2 Å². The lowest BCUT2D eigenvalue weighted by molar-refractivity contribution is -0.119. The molecule has 0 aromatic heterocycles. The predicted molar refractivity (Wildman–Crippen MR) is 84.7 cm³/mol. The quantitative estimate of drug-likeness (QED) is 0.793. The zero-order chi connectivity index (χ0) is 17.6. The summed E-state index contributed by atoms with van der Waals surface area (Å²) in [5.74, 6) is -1.46. The molecule has 0 atom stereocenters. The first-order chi connectivity index (χ1) is 11.4. The molecule has 0 aliphatic rings. The van der Waals surface area contributed by atoms with Crippen LogP contribution in [0.15, 0.2) is 53.4 Å². The average molecular weight is 354 g/mol. The Labute approximate surface area is 138 Å². The van der Waals surface area contributed by atoms with E-state index in [0.717, 1.165) is 24.3 Å². The molecule has 5 nitrogen and oxygen atoms in total. The van der Waals surface area contributed by atoms with Crippen LogP contribution in [0.25, 0.3) is 0 Å². The molecule has 2 N–H and O–H groups in total. The molecule has 0 bridgehead atoms. The minimum Gasteiger partial charge on any atom is -0.355 e. The summed E-state index contributed by atoms with van der Waals surface area (Å²) in [5.41, 5.74) is 0.463. The molecule has 0 spiro atoms. The van der Waals surface area contributed by atoms with E-state index in [9.17, 15) is 22.0 Å². The Morgan fingerprint density at radius 2 is 1.67 bits per heavy atom. The van der Waals surface area contributed by atoms with Gasteiger partial charge in [0.1, 0.15) is 11.6 Å². The van der Waals surface area contributed by atoms with Gasteiger partial charge in [-0.25, -0.2) is 21.9 Å². The van der Waals surface area contributed by atoms with E-state index in [-0.39, 0.29) is 17.3 Å². The van der Waals surface area contributed by atoms with Gasteiger partial charge in [-0.05, 0) is 42.3 Å². The second kappa shape index (κ2) is 7.98. The second-order valence-electron chi connectivity index (χ2n) is 4.97. The van der Waals surface area contributed by atoms with E-state index in [1.165, 1.54) is 6.07 Å². The van der Waals surface area contributed by atoms with Crippen molar-refractivity contribution in [2.45, 2.75) is 11.3 Å². The number of nitrogens with one attached hydrogen (secondary N) is 2. The topological polar surface area (TPSA) is 75.3 Å². The fourth-order valence-corrected chi connectivity index (χ4v) is 2.94. The molecule has 0 heterocycles. The zero-order valence-electron chi connectivity index (χ0n) is 12.6. The number of hydrogen-bond donors (Lipinski definition) is 2. The fourth-order valence-electron chi connectivity index (χ4n) is 1.96. The first kappa shape index (κ1) is 18.0. The number of hydrogen-bond acceptors (Lipinski definition) is 3. The summed E-state index contributed by atoms with van der Waals surface area (Å²) < 4.78 is 52.2. The lowest BCUT2D eigenvalue weighted by Crippen LogP contribution is -2.37. The van der Waals surface area contributed by atoms with Crippen LogP contribution in [0.4, 0.5) is 8.78 Å². The van der Waals surface area contributed by atoms with E-state index >= 15 is 0 Å². The zero-order valence-corrected chi connectivity index (χ0v) is 13.4. The minimum absolute atomic E-state index is 0.136. The van der Waals surface area contributed by atoms with Crippen LogP contribution < -0.4 is 10.0 Å². The standard InChI is InChI=1S/C16H16F2N2O3S/c17-13-5-7-14(8-6-13)24(22,23)20-11-16(21)19-10-9-12-3-1-2-4-15(12)18/h1-8,20H,9-11H2,(H,19,21). The van der Waals surface area contributed by atoms with E-state index in [0.29, 0.717) is 12.0 Å². The first-order valence-corrected chi connectivity index (χ1v) is 8.62. The van der Waals surface area contributed by atoms with Crippen LogP contribution in [0.2, 0.25) is 0 Å². The van der Waals surface area contributed by atoms with Gasteiger partial charge in [0.05, 0.1) is 11.4 Å². The average Bonchev–Trinajstić information content (AvgIpc) is 2.55. The summed E-state index contributed by atoms with van der Waals surface area (Å²) in [6.45, 7) is -0.283. The number of benzene rings is 2. The van der Waals surface area contributed by atoms with E-state index in [1.807, 2.05) is 0 Å². The molecule has 2 rings (SSSR count). The summed E-state index contributed by atoms with van der Waals surface area (Å²) >= 11 is 0. The molecule has 0 saturated carbocycles. The maximum atomic E-state index is 13.4. The number of carbonyl (C=O) groups is 1. The Balaban J connectivity index is 1.80. The smallest absolute Gasteiger partial charge is 0.241 e. The van der Waals surface area contributed by atoms with Crippen LogP contribution >= 0.6 is 0 Å². The van der Waals surface area contributed by atoms with Crippen LogP contribution in [0.5, 0.6) is 0 Å². The van der Waals surface area contributed by atoms with Crippen LogP contribution in [-0.2, 0) is 21.2 Å². The molecular weight excluding hydrogens is 338 g/mol. The fraction of sp³-hybridized carbons (Fsp3) is 0.188. The molecule has 0 unspecified atom stereocenters. The summed E-state index contributed by atoms with van der Waals surface area (Å²) in [6.07, 6.45) is 0.295. The molecule has 2 aromatic carbocycles. The van der Waals surface area contributed by atoms with Crippen molar-refractivity contribution in [2.75, 3.05) is 13.1 Å². The Bertz CT molecular complexity index is 808. The van der Waals surface area contributed by atoms with Gasteiger partial charge in [-0.3, -0.25) is 4.79 Å². The molecule has 0 aliphatic heterocycles. The van der Waals surface area contributed by atoms with Gasteiger partial charge >= 0.3 is 0 Å². The molecule has 8 heteroatoms. The van der Waals surface area contributed by atoms with Crippen molar-refractivity contribution < 1.29 is 22.0 Å². The Kier molecular flexibility index (Phi) is 5.99. The molecule has 1 amide bonds. The van der Waals surface area contributed by atoms with Crippen molar-refractivity contribution in [3.05, 3.63) is 65.7 Å². The van der Waals surface area contributed by atoms with Crippen molar-refractivity contribution in [3.8, 4) is 0 Å². The van der Waals surface area contributed by atoms with Crippen LogP contribution in [0.1, 0.15) is 5.56 Å². The van der Waals surface area contributed by atoms with Crippen molar-refractivity contribution in [2.24, 2.45) is 0 Å². The van der Waals surface area contributed by atoms with Gasteiger partial charge in [-0.1, -0.05) is 18.2 Å². The SMILES string of the molecule is O=C(CNS(=O)(=O)c1ccc(F)cc1)NCCc1ccccc1F. The Morgan fingerprint density at radius 3 is 2.33 bits per heavy atom. The second-order valence-corrected chi connectivity index (χ2v) is 6.74. The maximum absolute atomic E-state index is 13.4. The van der Waals surface area contributed by atoms with Gasteiger partial charge in [0, 0.05) is 6.54 Å². The van der Waals surface area contributed by atoms with E-state index < -0.39 is 28.3 Å². The summed E-state index contributed by atoms with van der Waals surface area (Å²) in [7, 11) is -3.89. The maximum Gasteiger partial charge on any atom is 0.241 e. The molecule has 0 aliphatic carbocycles. The highest BCUT2D eigenvalue weighted by molar-refractivity contribution is 7.89. The van der Waals surface area contributed by atoms with Crippen molar-refractivity contribution in [1.29, 1.82) is 0 Å². The highest BCUT2D eigenvalue weighted by Gasteiger charge is 2.15. The number of halogens is 2. The number of carbonyl (C=O) groups excluding carboxylic acids is 1. The number of amides is 1. The minimum atomic E-state index is -3.89. The lowest BCUT2D eigenvalue weighted by Gasteiger charge is -2.08. The monoisotopic (exact) mass is 354 g/mol. The van der Waals surface area contributed by atoms with Gasteiger partial charge in [0.2, 0.25) is 15.9 Å². The van der Waals surface area contributed by atoms with Gasteiger partial charge in [0.15, 0.2) is 0 Å². The highest BCUT2D eigenvalue weighted by Crippen LogP contribution is 2.09. The normalized spacial score (nSPS) is 11.2. The predicted octanol–water partition coefficient (Wildman–Crippen LogP) is 1.60. The molecule has 0 fully saturated rings. The molecular formula is C16H16F2N2O3S. The molecule has 128 valence electrons. The molecule has 24 heavy (non-hydrogen) atoms. The third-order valence-electron chi connectivity index (χ3n) is 3.22. The van der Waals surface area contributed by atoms with Gasteiger partial charge < -0.3 is 5.32 Å². The van der Waals surface area contributed by atoms with Crippen molar-refractivity contribution >= 4 is 15.9 Å². The third-order valence-corrected chi connectivity index (χ3v) is 4.64. The summed E-state index contributed by atoms with van der Waals surface area (Å²) in [6, 6.07) is 10.4. The molecule has 0 radical (unpaired) electrons.